The van der Waals surface area contributed by atoms with Gasteiger partial charge in [0.25, 0.3) is 0 Å². The highest BCUT2D eigenvalue weighted by atomic mass is 35.5. The third kappa shape index (κ3) is 3.21. The summed E-state index contributed by atoms with van der Waals surface area (Å²) in [6.45, 7) is 2.71. The summed E-state index contributed by atoms with van der Waals surface area (Å²) in [6.07, 6.45) is 3.08. The normalized spacial score (nSPS) is 11.8. The Morgan fingerprint density at radius 1 is 1.54 bits per heavy atom. The molecule has 0 aliphatic heterocycles. The van der Waals surface area contributed by atoms with E-state index in [1.165, 1.54) is 5.57 Å². The molecule has 0 heterocycles. The highest BCUT2D eigenvalue weighted by Crippen LogP contribution is 2.14. The van der Waals surface area contributed by atoms with E-state index in [-0.39, 0.29) is 0 Å². The molecule has 2 N–H and O–H groups in total. The van der Waals surface area contributed by atoms with E-state index in [2.05, 4.69) is 13.0 Å². The molecule has 0 atom stereocenters. The molecule has 0 saturated heterocycles. The SMILES string of the molecule is CCC(=Cc1cccc(Cl)c1)CN. The van der Waals surface area contributed by atoms with Gasteiger partial charge in [0.2, 0.25) is 0 Å². The van der Waals surface area contributed by atoms with Gasteiger partial charge >= 0.3 is 0 Å². The molecule has 0 aliphatic rings. The van der Waals surface area contributed by atoms with Crippen LogP contribution in [-0.2, 0) is 0 Å². The van der Waals surface area contributed by atoms with Gasteiger partial charge in [-0.1, -0.05) is 42.3 Å². The van der Waals surface area contributed by atoms with Crippen molar-refractivity contribution < 1.29 is 0 Å². The lowest BCUT2D eigenvalue weighted by Crippen LogP contribution is -2.01. The molecule has 0 unspecified atom stereocenters. The summed E-state index contributed by atoms with van der Waals surface area (Å²) in [7, 11) is 0. The van der Waals surface area contributed by atoms with E-state index in [9.17, 15) is 0 Å². The summed E-state index contributed by atoms with van der Waals surface area (Å²) >= 11 is 5.85. The maximum Gasteiger partial charge on any atom is 0.0411 e. The summed E-state index contributed by atoms with van der Waals surface area (Å²) in [5.74, 6) is 0. The molecule has 2 heteroatoms. The number of benzene rings is 1. The van der Waals surface area contributed by atoms with Crippen molar-refractivity contribution in [3.05, 3.63) is 40.4 Å². The van der Waals surface area contributed by atoms with Crippen LogP contribution in [0.1, 0.15) is 18.9 Å². The van der Waals surface area contributed by atoms with Crippen LogP contribution in [-0.4, -0.2) is 6.54 Å². The second-order valence-electron chi connectivity index (χ2n) is 2.92. The molecule has 13 heavy (non-hydrogen) atoms. The topological polar surface area (TPSA) is 26.0 Å². The van der Waals surface area contributed by atoms with Gasteiger partial charge < -0.3 is 5.73 Å². The van der Waals surface area contributed by atoms with Crippen LogP contribution in [0, 0.1) is 0 Å². The van der Waals surface area contributed by atoms with Gasteiger partial charge in [0.05, 0.1) is 0 Å². The molecule has 0 fully saturated rings. The van der Waals surface area contributed by atoms with Crippen molar-refractivity contribution in [1.82, 2.24) is 0 Å². The van der Waals surface area contributed by atoms with Gasteiger partial charge in [-0.15, -0.1) is 0 Å². The quantitative estimate of drug-likeness (QED) is 0.788. The zero-order valence-electron chi connectivity index (χ0n) is 7.76. The van der Waals surface area contributed by atoms with Crippen molar-refractivity contribution in [2.45, 2.75) is 13.3 Å². The Bertz CT molecular complexity index is 299. The first-order valence-corrected chi connectivity index (χ1v) is 4.79. The van der Waals surface area contributed by atoms with Crippen molar-refractivity contribution in [3.63, 3.8) is 0 Å². The first kappa shape index (κ1) is 10.3. The summed E-state index contributed by atoms with van der Waals surface area (Å²) in [4.78, 5) is 0. The lowest BCUT2D eigenvalue weighted by atomic mass is 10.1. The van der Waals surface area contributed by atoms with Gasteiger partial charge in [0.15, 0.2) is 0 Å². The standard InChI is InChI=1S/C11H14ClN/c1-2-9(8-13)6-10-4-3-5-11(12)7-10/h3-7H,2,8,13H2,1H3. The van der Waals surface area contributed by atoms with E-state index in [0.29, 0.717) is 6.54 Å². The van der Waals surface area contributed by atoms with Gasteiger partial charge in [-0.25, -0.2) is 0 Å². The minimum Gasteiger partial charge on any atom is -0.327 e. The van der Waals surface area contributed by atoms with Gasteiger partial charge in [-0.3, -0.25) is 0 Å². The van der Waals surface area contributed by atoms with Crippen LogP contribution in [0.15, 0.2) is 29.8 Å². The molecule has 0 bridgehead atoms. The predicted octanol–water partition coefficient (Wildman–Crippen LogP) is 3.09. The smallest absolute Gasteiger partial charge is 0.0411 e. The zero-order valence-corrected chi connectivity index (χ0v) is 8.51. The molecule has 0 radical (unpaired) electrons. The van der Waals surface area contributed by atoms with Crippen molar-refractivity contribution in [3.8, 4) is 0 Å². The summed E-state index contributed by atoms with van der Waals surface area (Å²) in [5.41, 5.74) is 7.93. The van der Waals surface area contributed by atoms with E-state index in [4.69, 9.17) is 17.3 Å². The van der Waals surface area contributed by atoms with E-state index in [1.807, 2.05) is 24.3 Å². The molecule has 0 spiro atoms. The van der Waals surface area contributed by atoms with Crippen LogP contribution < -0.4 is 5.73 Å². The van der Waals surface area contributed by atoms with Crippen molar-refractivity contribution in [1.29, 1.82) is 0 Å². The molecule has 1 aromatic rings. The second kappa shape index (κ2) is 5.05. The Morgan fingerprint density at radius 2 is 2.31 bits per heavy atom. The van der Waals surface area contributed by atoms with E-state index in [1.54, 1.807) is 0 Å². The Kier molecular flexibility index (Phi) is 4.00. The third-order valence-electron chi connectivity index (χ3n) is 1.94. The second-order valence-corrected chi connectivity index (χ2v) is 3.35. The Balaban J connectivity index is 2.89. The predicted molar refractivity (Wildman–Crippen MR) is 58.8 cm³/mol. The van der Waals surface area contributed by atoms with Gasteiger partial charge in [-0.2, -0.15) is 0 Å². The minimum absolute atomic E-state index is 0.614. The number of rotatable bonds is 3. The Labute approximate surface area is 84.2 Å². The number of nitrogens with two attached hydrogens (primary N) is 1. The molecule has 0 aliphatic carbocycles. The van der Waals surface area contributed by atoms with Crippen molar-refractivity contribution in [2.24, 2.45) is 5.73 Å². The molecule has 1 aromatic carbocycles. The summed E-state index contributed by atoms with van der Waals surface area (Å²) in [5, 5.41) is 0.765. The van der Waals surface area contributed by atoms with Crippen molar-refractivity contribution >= 4 is 17.7 Å². The minimum atomic E-state index is 0.614. The zero-order chi connectivity index (χ0) is 9.68. The van der Waals surface area contributed by atoms with Crippen molar-refractivity contribution in [2.75, 3.05) is 6.54 Å². The average molecular weight is 196 g/mol. The molecule has 0 saturated carbocycles. The number of hydrogen-bond acceptors (Lipinski definition) is 1. The molecule has 0 amide bonds. The highest BCUT2D eigenvalue weighted by molar-refractivity contribution is 6.30. The maximum atomic E-state index is 5.85. The fraction of sp³-hybridized carbons (Fsp3) is 0.273. The van der Waals surface area contributed by atoms with E-state index < -0.39 is 0 Å². The van der Waals surface area contributed by atoms with Gasteiger partial charge in [-0.05, 0) is 24.1 Å². The van der Waals surface area contributed by atoms with Crippen LogP contribution in [0.4, 0.5) is 0 Å². The maximum absolute atomic E-state index is 5.85. The molecule has 1 rings (SSSR count). The number of hydrogen-bond donors (Lipinski definition) is 1. The Morgan fingerprint density at radius 3 is 2.85 bits per heavy atom. The number of halogens is 1. The molecule has 1 nitrogen and oxygen atoms in total. The van der Waals surface area contributed by atoms with E-state index in [0.717, 1.165) is 17.0 Å². The molecular weight excluding hydrogens is 182 g/mol. The van der Waals surface area contributed by atoms with Crippen LogP contribution in [0.3, 0.4) is 0 Å². The molecule has 0 aromatic heterocycles. The lowest BCUT2D eigenvalue weighted by molar-refractivity contribution is 1.02. The average Bonchev–Trinajstić information content (AvgIpc) is 2.14. The van der Waals surface area contributed by atoms with Gasteiger partial charge in [0.1, 0.15) is 0 Å². The summed E-state index contributed by atoms with van der Waals surface area (Å²) in [6, 6.07) is 7.77. The largest absolute Gasteiger partial charge is 0.327 e. The molecule has 70 valence electrons. The third-order valence-corrected chi connectivity index (χ3v) is 2.17. The first-order valence-electron chi connectivity index (χ1n) is 4.41. The van der Waals surface area contributed by atoms with Gasteiger partial charge in [0, 0.05) is 11.6 Å². The summed E-state index contributed by atoms with van der Waals surface area (Å²) < 4.78 is 0. The monoisotopic (exact) mass is 195 g/mol. The van der Waals surface area contributed by atoms with Crippen LogP contribution in [0.25, 0.3) is 6.08 Å². The fourth-order valence-electron chi connectivity index (χ4n) is 1.14. The first-order chi connectivity index (χ1) is 6.26. The highest BCUT2D eigenvalue weighted by Gasteiger charge is 1.93. The fourth-order valence-corrected chi connectivity index (χ4v) is 1.34. The van der Waals surface area contributed by atoms with Crippen LogP contribution >= 0.6 is 11.6 Å². The van der Waals surface area contributed by atoms with E-state index >= 15 is 0 Å². The van der Waals surface area contributed by atoms with Crippen LogP contribution in [0.5, 0.6) is 0 Å². The molecular formula is C11H14ClN. The Hall–Kier alpha value is -0.790. The van der Waals surface area contributed by atoms with Crippen LogP contribution in [0.2, 0.25) is 5.02 Å². The lowest BCUT2D eigenvalue weighted by Gasteiger charge is -2.00.